The molecule has 0 N–H and O–H groups in total. The quantitative estimate of drug-likeness (QED) is 0.457. The molecular formula is C13H8N4. The lowest BCUT2D eigenvalue weighted by atomic mass is 10.2. The average Bonchev–Trinajstić information content (AvgIpc) is 2.84. The van der Waals surface area contributed by atoms with Crippen molar-refractivity contribution in [3.63, 3.8) is 0 Å². The highest BCUT2D eigenvalue weighted by molar-refractivity contribution is 5.96. The van der Waals surface area contributed by atoms with Crippen LogP contribution in [0.15, 0.2) is 48.9 Å². The maximum atomic E-state index is 4.56. The topological polar surface area (TPSA) is 43.1 Å². The van der Waals surface area contributed by atoms with Crippen LogP contribution in [-0.4, -0.2) is 19.6 Å². The van der Waals surface area contributed by atoms with Crippen LogP contribution in [0, 0.1) is 0 Å². The Morgan fingerprint density at radius 1 is 1.00 bits per heavy atom. The highest BCUT2D eigenvalue weighted by atomic mass is 15.2. The standard InChI is InChI=1S/C13H8N4/c1-2-4-15-17-12-6-10-8-14-7-9(10)5-11(12)16-13(17)3-1/h1-8H. The Morgan fingerprint density at radius 2 is 1.88 bits per heavy atom. The van der Waals surface area contributed by atoms with Crippen LogP contribution in [0.2, 0.25) is 0 Å². The molecule has 4 aromatic rings. The third kappa shape index (κ3) is 1.15. The van der Waals surface area contributed by atoms with Crippen LogP contribution in [0.25, 0.3) is 27.5 Å². The molecule has 0 aliphatic carbocycles. The van der Waals surface area contributed by atoms with Crippen molar-refractivity contribution >= 4 is 27.5 Å². The van der Waals surface area contributed by atoms with Crippen LogP contribution in [0.1, 0.15) is 0 Å². The first kappa shape index (κ1) is 8.64. The Kier molecular flexibility index (Phi) is 1.53. The summed E-state index contributed by atoms with van der Waals surface area (Å²) >= 11 is 0. The Bertz CT molecular complexity index is 848. The zero-order valence-electron chi connectivity index (χ0n) is 8.91. The van der Waals surface area contributed by atoms with Crippen molar-refractivity contribution in [2.75, 3.05) is 0 Å². The van der Waals surface area contributed by atoms with E-state index in [0.717, 1.165) is 27.5 Å². The van der Waals surface area contributed by atoms with Crippen molar-refractivity contribution in [2.45, 2.75) is 0 Å². The van der Waals surface area contributed by atoms with E-state index < -0.39 is 0 Å². The van der Waals surface area contributed by atoms with Gasteiger partial charge in [0.15, 0.2) is 5.65 Å². The minimum atomic E-state index is 0.852. The van der Waals surface area contributed by atoms with Gasteiger partial charge in [-0.1, -0.05) is 6.07 Å². The number of fused-ring (bicyclic) bond motifs is 4. The molecule has 4 nitrogen and oxygen atoms in total. The molecule has 0 amide bonds. The molecule has 0 atom stereocenters. The highest BCUT2D eigenvalue weighted by Crippen LogP contribution is 2.22. The maximum Gasteiger partial charge on any atom is 0.154 e. The third-order valence-corrected chi connectivity index (χ3v) is 2.91. The zero-order chi connectivity index (χ0) is 11.2. The third-order valence-electron chi connectivity index (χ3n) is 2.91. The minimum Gasteiger partial charge on any atom is -0.263 e. The minimum absolute atomic E-state index is 0.852. The first-order valence-corrected chi connectivity index (χ1v) is 5.39. The number of aromatic nitrogens is 4. The number of rotatable bonds is 0. The van der Waals surface area contributed by atoms with Crippen molar-refractivity contribution in [3.8, 4) is 0 Å². The van der Waals surface area contributed by atoms with Crippen molar-refractivity contribution in [1.29, 1.82) is 0 Å². The monoisotopic (exact) mass is 220 g/mol. The van der Waals surface area contributed by atoms with Gasteiger partial charge in [0.2, 0.25) is 0 Å². The van der Waals surface area contributed by atoms with Crippen LogP contribution in [-0.2, 0) is 0 Å². The molecule has 0 aliphatic heterocycles. The van der Waals surface area contributed by atoms with E-state index in [-0.39, 0.29) is 0 Å². The average molecular weight is 220 g/mol. The first-order valence-electron chi connectivity index (χ1n) is 5.39. The van der Waals surface area contributed by atoms with E-state index in [9.17, 15) is 0 Å². The lowest BCUT2D eigenvalue weighted by Crippen LogP contribution is -1.84. The van der Waals surface area contributed by atoms with Crippen molar-refractivity contribution in [3.05, 3.63) is 48.9 Å². The number of hydrogen-bond donors (Lipinski definition) is 0. The van der Waals surface area contributed by atoms with Gasteiger partial charge in [0.1, 0.15) is 0 Å². The first-order chi connectivity index (χ1) is 8.42. The number of benzene rings is 1. The summed E-state index contributed by atoms with van der Waals surface area (Å²) in [6.45, 7) is 0. The second-order valence-electron chi connectivity index (χ2n) is 3.98. The van der Waals surface area contributed by atoms with Gasteiger partial charge in [0.05, 0.1) is 11.0 Å². The second-order valence-corrected chi connectivity index (χ2v) is 3.98. The van der Waals surface area contributed by atoms with Gasteiger partial charge in [0, 0.05) is 29.4 Å². The fourth-order valence-corrected chi connectivity index (χ4v) is 2.11. The summed E-state index contributed by atoms with van der Waals surface area (Å²) in [5.41, 5.74) is 2.81. The predicted molar refractivity (Wildman–Crippen MR) is 65.8 cm³/mol. The predicted octanol–water partition coefficient (Wildman–Crippen LogP) is 2.43. The molecule has 0 saturated heterocycles. The normalized spacial score (nSPS) is 11.5. The highest BCUT2D eigenvalue weighted by Gasteiger charge is 2.06. The SMILES string of the molecule is c1ccc2nc3cc4cncc4cc3n2nc1. The lowest BCUT2D eigenvalue weighted by molar-refractivity contribution is 0.982. The number of nitrogens with zero attached hydrogens (tertiary/aromatic N) is 4. The lowest BCUT2D eigenvalue weighted by Gasteiger charge is -1.91. The summed E-state index contributed by atoms with van der Waals surface area (Å²) in [5.74, 6) is 0. The summed E-state index contributed by atoms with van der Waals surface area (Å²) in [6.07, 6.45) is 5.48. The molecule has 0 unspecified atom stereocenters. The van der Waals surface area contributed by atoms with Crippen molar-refractivity contribution < 1.29 is 0 Å². The summed E-state index contributed by atoms with van der Waals surface area (Å²) < 4.78 is 1.85. The molecule has 0 radical (unpaired) electrons. The van der Waals surface area contributed by atoms with E-state index in [4.69, 9.17) is 0 Å². The van der Waals surface area contributed by atoms with Gasteiger partial charge in [0.25, 0.3) is 0 Å². The van der Waals surface area contributed by atoms with Gasteiger partial charge in [-0.2, -0.15) is 5.10 Å². The van der Waals surface area contributed by atoms with E-state index in [2.05, 4.69) is 21.1 Å². The Morgan fingerprint density at radius 3 is 2.82 bits per heavy atom. The van der Waals surface area contributed by atoms with Crippen LogP contribution in [0.4, 0.5) is 0 Å². The second kappa shape index (κ2) is 3.01. The summed E-state index contributed by atoms with van der Waals surface area (Å²) in [7, 11) is 0. The molecule has 17 heavy (non-hydrogen) atoms. The van der Waals surface area contributed by atoms with Crippen LogP contribution in [0.5, 0.6) is 0 Å². The van der Waals surface area contributed by atoms with Gasteiger partial charge in [-0.25, -0.2) is 9.50 Å². The van der Waals surface area contributed by atoms with E-state index in [1.54, 1.807) is 6.20 Å². The molecule has 0 saturated carbocycles. The molecule has 4 rings (SSSR count). The van der Waals surface area contributed by atoms with Gasteiger partial charge in [-0.05, 0) is 24.3 Å². The summed E-state index contributed by atoms with van der Waals surface area (Å²) in [5, 5.41) is 6.59. The van der Waals surface area contributed by atoms with Crippen LogP contribution < -0.4 is 0 Å². The van der Waals surface area contributed by atoms with Crippen LogP contribution in [0.3, 0.4) is 0 Å². The summed E-state index contributed by atoms with van der Waals surface area (Å²) in [6, 6.07) is 9.91. The fourth-order valence-electron chi connectivity index (χ4n) is 2.11. The molecule has 0 bridgehead atoms. The smallest absolute Gasteiger partial charge is 0.154 e. The van der Waals surface area contributed by atoms with E-state index >= 15 is 0 Å². The van der Waals surface area contributed by atoms with Gasteiger partial charge in [-0.3, -0.25) is 4.98 Å². The number of imidazole rings is 1. The molecule has 80 valence electrons. The fraction of sp³-hybridized carbons (Fsp3) is 0. The van der Waals surface area contributed by atoms with Crippen molar-refractivity contribution in [1.82, 2.24) is 19.6 Å². The van der Waals surface area contributed by atoms with Gasteiger partial charge in [-0.15, -0.1) is 0 Å². The Labute approximate surface area is 96.5 Å². The van der Waals surface area contributed by atoms with Crippen LogP contribution >= 0.6 is 0 Å². The zero-order valence-corrected chi connectivity index (χ0v) is 8.91. The molecule has 3 aromatic heterocycles. The largest absolute Gasteiger partial charge is 0.263 e. The van der Waals surface area contributed by atoms with E-state index in [1.807, 2.05) is 41.2 Å². The Hall–Kier alpha value is -2.49. The molecule has 3 heterocycles. The molecule has 0 aliphatic rings. The van der Waals surface area contributed by atoms with E-state index in [0.29, 0.717) is 0 Å². The van der Waals surface area contributed by atoms with Crippen molar-refractivity contribution in [2.24, 2.45) is 0 Å². The van der Waals surface area contributed by atoms with Gasteiger partial charge < -0.3 is 0 Å². The molecular weight excluding hydrogens is 212 g/mol. The molecule has 0 spiro atoms. The van der Waals surface area contributed by atoms with E-state index in [1.165, 1.54) is 0 Å². The molecule has 0 fully saturated rings. The van der Waals surface area contributed by atoms with Gasteiger partial charge >= 0.3 is 0 Å². The summed E-state index contributed by atoms with van der Waals surface area (Å²) in [4.78, 5) is 8.70. The molecule has 1 aromatic carbocycles. The maximum absolute atomic E-state index is 4.56. The molecule has 4 heteroatoms. The Balaban J connectivity index is 2.30. The number of hydrogen-bond acceptors (Lipinski definition) is 3.